The molecule has 4 nitrogen and oxygen atoms in total. The van der Waals surface area contributed by atoms with Crippen LogP contribution in [-0.4, -0.2) is 24.7 Å². The van der Waals surface area contributed by atoms with Crippen LogP contribution in [0, 0.1) is 6.92 Å². The van der Waals surface area contributed by atoms with E-state index in [9.17, 15) is 0 Å². The first-order chi connectivity index (χ1) is 12.3. The van der Waals surface area contributed by atoms with Crippen LogP contribution in [0.25, 0.3) is 10.6 Å². The molecule has 25 heavy (non-hydrogen) atoms. The molecule has 3 aromatic rings. The maximum atomic E-state index is 5.63. The third-order valence-electron chi connectivity index (χ3n) is 4.02. The summed E-state index contributed by atoms with van der Waals surface area (Å²) in [6.45, 7) is 5.09. The summed E-state index contributed by atoms with van der Waals surface area (Å²) in [7, 11) is 0. The van der Waals surface area contributed by atoms with Crippen LogP contribution in [0.4, 0.5) is 0 Å². The van der Waals surface area contributed by atoms with Crippen molar-refractivity contribution in [2.75, 3.05) is 19.8 Å². The van der Waals surface area contributed by atoms with E-state index in [0.717, 1.165) is 41.7 Å². The van der Waals surface area contributed by atoms with Crippen LogP contribution in [0.1, 0.15) is 15.4 Å². The quantitative estimate of drug-likeness (QED) is 0.656. The van der Waals surface area contributed by atoms with Crippen molar-refractivity contribution in [1.82, 2.24) is 10.3 Å². The van der Waals surface area contributed by atoms with E-state index in [4.69, 9.17) is 9.47 Å². The van der Waals surface area contributed by atoms with E-state index in [0.29, 0.717) is 13.2 Å². The van der Waals surface area contributed by atoms with Crippen molar-refractivity contribution in [3.8, 4) is 22.1 Å². The number of benzene rings is 1. The molecule has 0 bridgehead atoms. The van der Waals surface area contributed by atoms with Crippen LogP contribution in [0.2, 0.25) is 0 Å². The van der Waals surface area contributed by atoms with Gasteiger partial charge in [0.15, 0.2) is 11.5 Å². The monoisotopic (exact) mass is 372 g/mol. The van der Waals surface area contributed by atoms with Crippen molar-refractivity contribution in [1.29, 1.82) is 0 Å². The van der Waals surface area contributed by atoms with E-state index in [1.165, 1.54) is 15.3 Å². The minimum absolute atomic E-state index is 0.628. The largest absolute Gasteiger partial charge is 0.486 e. The van der Waals surface area contributed by atoms with Crippen molar-refractivity contribution >= 4 is 22.7 Å². The minimum atomic E-state index is 0.628. The summed E-state index contributed by atoms with van der Waals surface area (Å²) < 4.78 is 11.2. The first kappa shape index (κ1) is 16.6. The summed E-state index contributed by atoms with van der Waals surface area (Å²) in [5, 5.41) is 6.75. The Morgan fingerprint density at radius 3 is 2.84 bits per heavy atom. The van der Waals surface area contributed by atoms with Crippen molar-refractivity contribution in [2.45, 2.75) is 19.9 Å². The van der Waals surface area contributed by atoms with Crippen LogP contribution in [0.3, 0.4) is 0 Å². The molecule has 4 rings (SSSR count). The molecule has 0 unspecified atom stereocenters. The van der Waals surface area contributed by atoms with Gasteiger partial charge in [-0.1, -0.05) is 6.07 Å². The van der Waals surface area contributed by atoms with Crippen LogP contribution < -0.4 is 14.8 Å². The summed E-state index contributed by atoms with van der Waals surface area (Å²) in [6, 6.07) is 10.5. The van der Waals surface area contributed by atoms with E-state index < -0.39 is 0 Å². The molecule has 0 saturated carbocycles. The lowest BCUT2D eigenvalue weighted by atomic mass is 10.2. The van der Waals surface area contributed by atoms with Crippen molar-refractivity contribution in [3.63, 3.8) is 0 Å². The summed E-state index contributed by atoms with van der Waals surface area (Å²) in [5.41, 5.74) is 2.32. The SMILES string of the molecule is Cc1nc(-c2ccc(CCNCc3ccc4c(c3)OCCO4)s2)cs1. The Hall–Kier alpha value is -1.89. The molecule has 0 aliphatic carbocycles. The van der Waals surface area contributed by atoms with E-state index in [1.807, 2.05) is 24.3 Å². The molecular formula is C19H20N2O2S2. The van der Waals surface area contributed by atoms with Crippen LogP contribution in [0.15, 0.2) is 35.7 Å². The minimum Gasteiger partial charge on any atom is -0.486 e. The Bertz CT molecular complexity index is 857. The molecule has 0 atom stereocenters. The molecule has 1 aliphatic heterocycles. The fourth-order valence-electron chi connectivity index (χ4n) is 2.77. The standard InChI is InChI=1S/C19H20N2O2S2/c1-13-21-16(12-24-13)19-5-3-15(25-19)6-7-20-11-14-2-4-17-18(10-14)23-9-8-22-17/h2-5,10,12,20H,6-9,11H2,1H3. The fourth-order valence-corrected chi connectivity index (χ4v) is 4.42. The Morgan fingerprint density at radius 2 is 2.00 bits per heavy atom. The van der Waals surface area contributed by atoms with Crippen molar-refractivity contribution in [2.24, 2.45) is 0 Å². The van der Waals surface area contributed by atoms with Gasteiger partial charge in [-0.15, -0.1) is 22.7 Å². The van der Waals surface area contributed by atoms with Gasteiger partial charge in [-0.3, -0.25) is 0 Å². The zero-order valence-corrected chi connectivity index (χ0v) is 15.7. The lowest BCUT2D eigenvalue weighted by Gasteiger charge is -2.18. The number of hydrogen-bond donors (Lipinski definition) is 1. The number of thiazole rings is 1. The number of aromatic nitrogens is 1. The van der Waals surface area contributed by atoms with Gasteiger partial charge >= 0.3 is 0 Å². The number of thiophene rings is 1. The summed E-state index contributed by atoms with van der Waals surface area (Å²) in [4.78, 5) is 7.20. The normalized spacial score (nSPS) is 13.2. The first-order valence-electron chi connectivity index (χ1n) is 8.38. The highest BCUT2D eigenvalue weighted by Gasteiger charge is 2.11. The van der Waals surface area contributed by atoms with E-state index in [1.54, 1.807) is 11.3 Å². The predicted octanol–water partition coefficient (Wildman–Crippen LogP) is 4.28. The molecule has 6 heteroatoms. The molecule has 1 aliphatic rings. The maximum absolute atomic E-state index is 5.63. The molecule has 130 valence electrons. The highest BCUT2D eigenvalue weighted by molar-refractivity contribution is 7.16. The molecule has 1 aromatic carbocycles. The van der Waals surface area contributed by atoms with Gasteiger partial charge in [0, 0.05) is 23.3 Å². The zero-order chi connectivity index (χ0) is 17.1. The first-order valence-corrected chi connectivity index (χ1v) is 10.1. The molecule has 0 radical (unpaired) electrons. The van der Waals surface area contributed by atoms with Crippen molar-refractivity contribution < 1.29 is 9.47 Å². The highest BCUT2D eigenvalue weighted by atomic mass is 32.1. The molecular weight excluding hydrogens is 352 g/mol. The molecule has 0 amide bonds. The van der Waals surface area contributed by atoms with Gasteiger partial charge in [-0.25, -0.2) is 4.98 Å². The van der Waals surface area contributed by atoms with Crippen LogP contribution in [-0.2, 0) is 13.0 Å². The topological polar surface area (TPSA) is 43.4 Å². The highest BCUT2D eigenvalue weighted by Crippen LogP contribution is 2.31. The molecule has 0 fully saturated rings. The van der Waals surface area contributed by atoms with E-state index in [2.05, 4.69) is 39.9 Å². The van der Waals surface area contributed by atoms with Gasteiger partial charge < -0.3 is 14.8 Å². The third kappa shape index (κ3) is 4.03. The Balaban J connectivity index is 1.28. The molecule has 3 heterocycles. The maximum Gasteiger partial charge on any atom is 0.161 e. The van der Waals surface area contributed by atoms with Gasteiger partial charge in [0.2, 0.25) is 0 Å². The lowest BCUT2D eigenvalue weighted by Crippen LogP contribution is -2.18. The van der Waals surface area contributed by atoms with Gasteiger partial charge in [0.25, 0.3) is 0 Å². The average Bonchev–Trinajstić information content (AvgIpc) is 3.27. The Morgan fingerprint density at radius 1 is 1.12 bits per heavy atom. The van der Waals surface area contributed by atoms with E-state index >= 15 is 0 Å². The van der Waals surface area contributed by atoms with Gasteiger partial charge in [0.1, 0.15) is 13.2 Å². The second-order valence-corrected chi connectivity index (χ2v) is 8.15. The average molecular weight is 373 g/mol. The van der Waals surface area contributed by atoms with E-state index in [-0.39, 0.29) is 0 Å². The predicted molar refractivity (Wildman–Crippen MR) is 103 cm³/mol. The summed E-state index contributed by atoms with van der Waals surface area (Å²) in [6.07, 6.45) is 1.03. The van der Waals surface area contributed by atoms with Crippen molar-refractivity contribution in [3.05, 3.63) is 51.2 Å². The van der Waals surface area contributed by atoms with Gasteiger partial charge in [-0.05, 0) is 43.2 Å². The second-order valence-electron chi connectivity index (χ2n) is 5.92. The fraction of sp³-hybridized carbons (Fsp3) is 0.316. The zero-order valence-electron chi connectivity index (χ0n) is 14.1. The van der Waals surface area contributed by atoms with Gasteiger partial charge in [0.05, 0.1) is 15.6 Å². The molecule has 0 spiro atoms. The number of nitrogens with zero attached hydrogens (tertiary/aromatic N) is 1. The second kappa shape index (κ2) is 7.56. The number of nitrogens with one attached hydrogen (secondary N) is 1. The van der Waals surface area contributed by atoms with Crippen LogP contribution >= 0.6 is 22.7 Å². The molecule has 2 aromatic heterocycles. The summed E-state index contributed by atoms with van der Waals surface area (Å²) >= 11 is 3.53. The third-order valence-corrected chi connectivity index (χ3v) is 5.96. The Labute approximate surface area is 155 Å². The number of fused-ring (bicyclic) bond motifs is 1. The number of rotatable bonds is 6. The van der Waals surface area contributed by atoms with Crippen LogP contribution in [0.5, 0.6) is 11.5 Å². The smallest absolute Gasteiger partial charge is 0.161 e. The number of aryl methyl sites for hydroxylation is 1. The molecule has 1 N–H and O–H groups in total. The van der Waals surface area contributed by atoms with Gasteiger partial charge in [-0.2, -0.15) is 0 Å². The molecule has 0 saturated heterocycles. The number of ether oxygens (including phenoxy) is 2. The number of hydrogen-bond acceptors (Lipinski definition) is 6. The Kier molecular flexibility index (Phi) is 5.01. The summed E-state index contributed by atoms with van der Waals surface area (Å²) in [5.74, 6) is 1.70. The lowest BCUT2D eigenvalue weighted by molar-refractivity contribution is 0.171.